The molecule has 1 heterocycles. The Kier molecular flexibility index (Phi) is 5.07. The van der Waals surface area contributed by atoms with Crippen LogP contribution in [0, 0.1) is 0 Å². The topological polar surface area (TPSA) is 29.9 Å². The average Bonchev–Trinajstić information content (AvgIpc) is 2.78. The summed E-state index contributed by atoms with van der Waals surface area (Å²) < 4.78 is 1.89. The zero-order valence-electron chi connectivity index (χ0n) is 13.4. The molecule has 1 aromatic heterocycles. The third kappa shape index (κ3) is 3.86. The van der Waals surface area contributed by atoms with Gasteiger partial charge in [0.05, 0.1) is 5.69 Å². The summed E-state index contributed by atoms with van der Waals surface area (Å²) in [5.74, 6) is 0.391. The minimum atomic E-state index is 0.391. The third-order valence-corrected chi connectivity index (χ3v) is 3.70. The molecule has 0 aliphatic heterocycles. The number of aromatic nitrogens is 2. The van der Waals surface area contributed by atoms with Gasteiger partial charge in [-0.05, 0) is 29.2 Å². The maximum absolute atomic E-state index is 6.18. The van der Waals surface area contributed by atoms with Gasteiger partial charge in [0.1, 0.15) is 0 Å². The van der Waals surface area contributed by atoms with Crippen molar-refractivity contribution in [2.45, 2.75) is 46.2 Å². The van der Waals surface area contributed by atoms with Crippen LogP contribution in [0.3, 0.4) is 0 Å². The number of hydrogen-bond acceptors (Lipinski definition) is 2. The van der Waals surface area contributed by atoms with Crippen molar-refractivity contribution >= 4 is 11.6 Å². The zero-order chi connectivity index (χ0) is 15.6. The van der Waals surface area contributed by atoms with E-state index in [1.807, 2.05) is 23.9 Å². The molecule has 0 atom stereocenters. The van der Waals surface area contributed by atoms with Gasteiger partial charge in [-0.1, -0.05) is 45.4 Å². The number of hydrogen-bond donors (Lipinski definition) is 1. The number of aryl methyl sites for hydroxylation is 1. The molecule has 0 amide bonds. The van der Waals surface area contributed by atoms with E-state index in [4.69, 9.17) is 11.6 Å². The molecule has 0 saturated heterocycles. The smallest absolute Gasteiger partial charge is 0.0728 e. The number of nitrogens with zero attached hydrogens (tertiary/aromatic N) is 2. The summed E-state index contributed by atoms with van der Waals surface area (Å²) in [5.41, 5.74) is 4.76. The van der Waals surface area contributed by atoms with E-state index in [0.29, 0.717) is 12.0 Å². The van der Waals surface area contributed by atoms with Gasteiger partial charge >= 0.3 is 0 Å². The Labute approximate surface area is 132 Å². The van der Waals surface area contributed by atoms with Crippen LogP contribution in [0.1, 0.15) is 44.9 Å². The molecular weight excluding hydrogens is 282 g/mol. The van der Waals surface area contributed by atoms with Gasteiger partial charge in [0.15, 0.2) is 0 Å². The van der Waals surface area contributed by atoms with Crippen LogP contribution in [-0.2, 0) is 13.6 Å². The Balaban J connectivity index is 2.48. The van der Waals surface area contributed by atoms with Gasteiger partial charge in [-0.2, -0.15) is 5.10 Å². The summed E-state index contributed by atoms with van der Waals surface area (Å²) in [6.45, 7) is 9.45. The molecular formula is C17H24ClN3. The Hall–Kier alpha value is -1.32. The van der Waals surface area contributed by atoms with Crippen LogP contribution in [0.2, 0.25) is 5.02 Å². The highest BCUT2D eigenvalue weighted by Gasteiger charge is 2.16. The predicted molar refractivity (Wildman–Crippen MR) is 89.7 cm³/mol. The first-order chi connectivity index (χ1) is 9.88. The van der Waals surface area contributed by atoms with Crippen LogP contribution < -0.4 is 5.32 Å². The van der Waals surface area contributed by atoms with Gasteiger partial charge in [-0.3, -0.25) is 4.68 Å². The van der Waals surface area contributed by atoms with Crippen LogP contribution in [-0.4, -0.2) is 15.8 Å². The summed E-state index contributed by atoms with van der Waals surface area (Å²) in [5, 5.41) is 8.85. The van der Waals surface area contributed by atoms with Gasteiger partial charge in [0, 0.05) is 36.4 Å². The van der Waals surface area contributed by atoms with Gasteiger partial charge in [-0.25, -0.2) is 0 Å². The maximum Gasteiger partial charge on any atom is 0.0728 e. The maximum atomic E-state index is 6.18. The fraction of sp³-hybridized carbons (Fsp3) is 0.471. The number of halogens is 1. The summed E-state index contributed by atoms with van der Waals surface area (Å²) in [6.07, 6.45) is 2.09. The molecule has 0 aliphatic rings. The Morgan fingerprint density at radius 3 is 2.52 bits per heavy atom. The van der Waals surface area contributed by atoms with Crippen LogP contribution in [0.25, 0.3) is 11.1 Å². The van der Waals surface area contributed by atoms with Crippen molar-refractivity contribution in [3.8, 4) is 11.1 Å². The first-order valence-corrected chi connectivity index (χ1v) is 7.82. The molecule has 114 valence electrons. The van der Waals surface area contributed by atoms with E-state index in [1.54, 1.807) is 0 Å². The van der Waals surface area contributed by atoms with Crippen molar-refractivity contribution in [2.75, 3.05) is 0 Å². The van der Waals surface area contributed by atoms with Crippen molar-refractivity contribution < 1.29 is 0 Å². The van der Waals surface area contributed by atoms with Crippen molar-refractivity contribution in [1.82, 2.24) is 15.1 Å². The Morgan fingerprint density at radius 2 is 1.90 bits per heavy atom. The molecule has 4 heteroatoms. The van der Waals surface area contributed by atoms with Crippen LogP contribution in [0.5, 0.6) is 0 Å². The lowest BCUT2D eigenvalue weighted by atomic mass is 9.96. The van der Waals surface area contributed by atoms with E-state index >= 15 is 0 Å². The lowest BCUT2D eigenvalue weighted by molar-refractivity contribution is 0.589. The molecule has 21 heavy (non-hydrogen) atoms. The van der Waals surface area contributed by atoms with E-state index in [-0.39, 0.29) is 0 Å². The first-order valence-electron chi connectivity index (χ1n) is 7.44. The predicted octanol–water partition coefficient (Wildman–Crippen LogP) is 4.36. The first kappa shape index (κ1) is 16.1. The van der Waals surface area contributed by atoms with Crippen molar-refractivity contribution in [3.05, 3.63) is 40.7 Å². The average molecular weight is 306 g/mol. The molecule has 2 rings (SSSR count). The van der Waals surface area contributed by atoms with Crippen molar-refractivity contribution in [2.24, 2.45) is 7.05 Å². The molecule has 0 unspecified atom stereocenters. The van der Waals surface area contributed by atoms with Crippen LogP contribution in [0.15, 0.2) is 24.4 Å². The Morgan fingerprint density at radius 1 is 1.19 bits per heavy atom. The van der Waals surface area contributed by atoms with E-state index in [9.17, 15) is 0 Å². The second-order valence-electron chi connectivity index (χ2n) is 6.09. The molecule has 0 spiro atoms. The highest BCUT2D eigenvalue weighted by molar-refractivity contribution is 6.30. The number of rotatable bonds is 5. The lowest BCUT2D eigenvalue weighted by Crippen LogP contribution is -2.22. The summed E-state index contributed by atoms with van der Waals surface area (Å²) >= 11 is 6.18. The number of nitrogens with one attached hydrogen (secondary N) is 1. The molecule has 1 aromatic carbocycles. The summed E-state index contributed by atoms with van der Waals surface area (Å²) in [6, 6.07) is 6.54. The minimum Gasteiger partial charge on any atom is -0.310 e. The standard InChI is InChI=1S/C17H24ClN3/c1-11(2)17-16(10-21(5)20-17)15-7-6-14(18)8-13(15)9-19-12(3)4/h6-8,10-12,19H,9H2,1-5H3. The second-order valence-corrected chi connectivity index (χ2v) is 6.53. The van der Waals surface area contributed by atoms with Crippen molar-refractivity contribution in [3.63, 3.8) is 0 Å². The molecule has 1 N–H and O–H groups in total. The van der Waals surface area contributed by atoms with Crippen molar-refractivity contribution in [1.29, 1.82) is 0 Å². The second kappa shape index (κ2) is 6.63. The summed E-state index contributed by atoms with van der Waals surface area (Å²) in [7, 11) is 1.97. The van der Waals surface area contributed by atoms with Crippen LogP contribution >= 0.6 is 11.6 Å². The molecule has 0 bridgehead atoms. The molecule has 0 fully saturated rings. The highest BCUT2D eigenvalue weighted by atomic mass is 35.5. The van der Waals surface area contributed by atoms with E-state index < -0.39 is 0 Å². The SMILES string of the molecule is CC(C)NCc1cc(Cl)ccc1-c1cn(C)nc1C(C)C. The van der Waals surface area contributed by atoms with Crippen LogP contribution in [0.4, 0.5) is 0 Å². The van der Waals surface area contributed by atoms with Gasteiger partial charge in [0.2, 0.25) is 0 Å². The minimum absolute atomic E-state index is 0.391. The van der Waals surface area contributed by atoms with E-state index in [1.165, 1.54) is 16.7 Å². The number of benzene rings is 1. The van der Waals surface area contributed by atoms with E-state index in [0.717, 1.165) is 17.3 Å². The molecule has 3 nitrogen and oxygen atoms in total. The van der Waals surface area contributed by atoms with Gasteiger partial charge in [0.25, 0.3) is 0 Å². The van der Waals surface area contributed by atoms with Gasteiger partial charge in [-0.15, -0.1) is 0 Å². The summed E-state index contributed by atoms with van der Waals surface area (Å²) in [4.78, 5) is 0. The fourth-order valence-corrected chi connectivity index (χ4v) is 2.62. The normalized spacial score (nSPS) is 11.6. The molecule has 0 radical (unpaired) electrons. The zero-order valence-corrected chi connectivity index (χ0v) is 14.2. The lowest BCUT2D eigenvalue weighted by Gasteiger charge is -2.14. The molecule has 0 saturated carbocycles. The Bertz CT molecular complexity index is 614. The monoisotopic (exact) mass is 305 g/mol. The third-order valence-electron chi connectivity index (χ3n) is 3.46. The van der Waals surface area contributed by atoms with Gasteiger partial charge < -0.3 is 5.32 Å². The highest BCUT2D eigenvalue weighted by Crippen LogP contribution is 2.32. The largest absolute Gasteiger partial charge is 0.310 e. The van der Waals surface area contributed by atoms with E-state index in [2.05, 4.69) is 50.4 Å². The quantitative estimate of drug-likeness (QED) is 0.889. The molecule has 2 aromatic rings. The fourth-order valence-electron chi connectivity index (χ4n) is 2.43. The molecule has 0 aliphatic carbocycles.